The van der Waals surface area contributed by atoms with Crippen LogP contribution in [0.5, 0.6) is 0 Å². The first-order chi connectivity index (χ1) is 25.8. The van der Waals surface area contributed by atoms with E-state index in [4.69, 9.17) is 19.5 Å². The topological polar surface area (TPSA) is 127 Å². The molecule has 2 N–H and O–H groups in total. The number of hydrogen-bond donors (Lipinski definition) is 2. The number of hydrazine groups is 1. The number of carbonyl (C=O) groups excluding carboxylic acids is 3. The van der Waals surface area contributed by atoms with Crippen molar-refractivity contribution < 1.29 is 23.9 Å². The first-order valence-electron chi connectivity index (χ1n) is 19.6. The van der Waals surface area contributed by atoms with E-state index in [1.54, 1.807) is 25.1 Å². The van der Waals surface area contributed by atoms with Gasteiger partial charge in [0.15, 0.2) is 0 Å². The Hall–Kier alpha value is -3.74. The molecule has 7 atom stereocenters. The summed E-state index contributed by atoms with van der Waals surface area (Å²) in [5, 5.41) is 6.60. The average Bonchev–Trinajstić information content (AvgIpc) is 4.02. The van der Waals surface area contributed by atoms with Crippen molar-refractivity contribution in [3.8, 4) is 0 Å². The van der Waals surface area contributed by atoms with E-state index < -0.39 is 17.5 Å². The molecular weight excluding hydrogens is 701 g/mol. The maximum Gasteiger partial charge on any atom is 0.324 e. The Labute approximate surface area is 323 Å². The summed E-state index contributed by atoms with van der Waals surface area (Å²) in [4.78, 5) is 51.3. The lowest BCUT2D eigenvalue weighted by Gasteiger charge is -2.35. The molecule has 2 saturated carbocycles. The highest BCUT2D eigenvalue weighted by Gasteiger charge is 2.49. The quantitative estimate of drug-likeness (QED) is 0.177. The van der Waals surface area contributed by atoms with Gasteiger partial charge in [-0.2, -0.15) is 0 Å². The van der Waals surface area contributed by atoms with Crippen molar-refractivity contribution in [3.63, 3.8) is 0 Å². The number of nitrogens with one attached hydrogen (secondary N) is 2. The van der Waals surface area contributed by atoms with Crippen LogP contribution in [-0.2, 0) is 30.3 Å². The van der Waals surface area contributed by atoms with Crippen molar-refractivity contribution in [1.82, 2.24) is 20.3 Å². The first kappa shape index (κ1) is 38.5. The lowest BCUT2D eigenvalue weighted by molar-refractivity contribution is -0.155. The van der Waals surface area contributed by atoms with Gasteiger partial charge in [-0.05, 0) is 81.0 Å². The van der Waals surface area contributed by atoms with E-state index in [0.717, 1.165) is 62.6 Å². The van der Waals surface area contributed by atoms with E-state index in [-0.39, 0.29) is 54.3 Å². The number of amides is 2. The monoisotopic (exact) mass is 756 g/mol. The highest BCUT2D eigenvalue weighted by molar-refractivity contribution is 8.14. The van der Waals surface area contributed by atoms with Crippen LogP contribution in [-0.4, -0.2) is 82.8 Å². The number of ether oxygens (including phenoxy) is 2. The second-order valence-corrected chi connectivity index (χ2v) is 17.7. The normalized spacial score (nSPS) is 29.7. The van der Waals surface area contributed by atoms with Gasteiger partial charge in [-0.15, -0.1) is 11.8 Å². The van der Waals surface area contributed by atoms with Crippen LogP contribution in [0.15, 0.2) is 46.5 Å². The van der Waals surface area contributed by atoms with Gasteiger partial charge in [0, 0.05) is 65.9 Å². The molecule has 2 amide bonds. The largest absolute Gasteiger partial charge is 0.464 e. The van der Waals surface area contributed by atoms with Gasteiger partial charge in [-0.1, -0.05) is 46.4 Å². The SMILES string of the molecule is C=C/C(=C(\N=CC)[C@H](C)OC)c1c2c3cc(ccc3n1C1CC1)C1CSC(=N1)C[C@H](NC(=O)C1[C@@H](C)[C@H]1C)C(=O)N1CCC[C@H](N1)C(=O)OCC(C)(C)C2. The van der Waals surface area contributed by atoms with Crippen molar-refractivity contribution in [2.24, 2.45) is 33.2 Å². The molecule has 1 aromatic heterocycles. The minimum atomic E-state index is -0.801. The van der Waals surface area contributed by atoms with Gasteiger partial charge in [0.05, 0.1) is 35.2 Å². The van der Waals surface area contributed by atoms with Crippen molar-refractivity contribution in [3.05, 3.63) is 53.4 Å². The molecule has 1 aromatic carbocycles. The van der Waals surface area contributed by atoms with E-state index in [1.807, 2.05) is 19.9 Å². The van der Waals surface area contributed by atoms with E-state index in [9.17, 15) is 14.4 Å². The minimum absolute atomic E-state index is 0.0968. The van der Waals surface area contributed by atoms with Crippen molar-refractivity contribution in [2.75, 3.05) is 26.0 Å². The number of thioether (sulfide) groups is 1. The zero-order valence-corrected chi connectivity index (χ0v) is 33.6. The Bertz CT molecular complexity index is 1920. The van der Waals surface area contributed by atoms with Gasteiger partial charge < -0.3 is 19.4 Å². The second kappa shape index (κ2) is 15.4. The molecule has 12 heteroatoms. The van der Waals surface area contributed by atoms with Gasteiger partial charge in [0.25, 0.3) is 5.91 Å². The number of aromatic nitrogens is 1. The average molecular weight is 757 g/mol. The van der Waals surface area contributed by atoms with Gasteiger partial charge in [0.2, 0.25) is 5.91 Å². The van der Waals surface area contributed by atoms with Crippen molar-refractivity contribution in [1.29, 1.82) is 0 Å². The molecule has 54 heavy (non-hydrogen) atoms. The Morgan fingerprint density at radius 3 is 2.65 bits per heavy atom. The van der Waals surface area contributed by atoms with Crippen LogP contribution in [0.25, 0.3) is 16.5 Å². The fourth-order valence-electron chi connectivity index (χ4n) is 8.44. The van der Waals surface area contributed by atoms with Crippen molar-refractivity contribution in [2.45, 2.75) is 110 Å². The molecule has 0 radical (unpaired) electrons. The number of benzene rings is 1. The Kier molecular flexibility index (Phi) is 11.0. The summed E-state index contributed by atoms with van der Waals surface area (Å²) in [5.74, 6) is 0.460. The van der Waals surface area contributed by atoms with Crippen LogP contribution >= 0.6 is 11.8 Å². The Morgan fingerprint density at radius 1 is 1.22 bits per heavy atom. The fraction of sp³-hybridized carbons (Fsp3) is 0.595. The van der Waals surface area contributed by atoms with E-state index in [0.29, 0.717) is 38.3 Å². The molecule has 290 valence electrons. The van der Waals surface area contributed by atoms with Gasteiger partial charge in [-0.3, -0.25) is 29.4 Å². The maximum absolute atomic E-state index is 14.1. The first-order valence-corrected chi connectivity index (χ1v) is 20.6. The van der Waals surface area contributed by atoms with Crippen LogP contribution < -0.4 is 10.7 Å². The molecule has 4 heterocycles. The fourth-order valence-corrected chi connectivity index (χ4v) is 9.55. The Balaban J connectivity index is 1.36. The number of hydrogen-bond acceptors (Lipinski definition) is 9. The van der Waals surface area contributed by atoms with Crippen LogP contribution in [0.4, 0.5) is 0 Å². The molecule has 3 fully saturated rings. The van der Waals surface area contributed by atoms with Crippen LogP contribution in [0.3, 0.4) is 0 Å². The van der Waals surface area contributed by atoms with Gasteiger partial charge in [-0.25, -0.2) is 5.43 Å². The molecule has 2 aliphatic carbocycles. The second-order valence-electron chi connectivity index (χ2n) is 16.6. The Morgan fingerprint density at radius 2 is 1.98 bits per heavy atom. The third-order valence-electron chi connectivity index (χ3n) is 12.0. The van der Waals surface area contributed by atoms with E-state index >= 15 is 0 Å². The van der Waals surface area contributed by atoms with E-state index in [2.05, 4.69) is 67.8 Å². The number of cyclic esters (lactones) is 1. The number of esters is 1. The molecule has 2 unspecified atom stereocenters. The van der Waals surface area contributed by atoms with Crippen molar-refractivity contribution >= 4 is 57.3 Å². The number of nitrogens with zero attached hydrogens (tertiary/aromatic N) is 4. The zero-order chi connectivity index (χ0) is 38.5. The number of rotatable bonds is 8. The third kappa shape index (κ3) is 7.58. The number of carbonyl (C=O) groups is 3. The molecule has 5 aliphatic rings. The third-order valence-corrected chi connectivity index (χ3v) is 13.1. The van der Waals surface area contributed by atoms with E-state index in [1.165, 1.54) is 5.01 Å². The molecular formula is C42H56N6O5S. The molecule has 2 aromatic rings. The summed E-state index contributed by atoms with van der Waals surface area (Å²) < 4.78 is 14.4. The molecule has 3 aliphatic heterocycles. The molecule has 1 saturated heterocycles. The lowest BCUT2D eigenvalue weighted by Crippen LogP contribution is -2.60. The standard InChI is InChI=1S/C42H56N6O5S/c1-9-28(37(43-10-2)25(5)52-8)38-30-20-42(6,7)22-53-41(51)31-12-11-17-47(46-31)40(50)32(45-39(49)36-23(3)24(36)4)19-35-44-33(21-54-35)26-13-16-34(29(30)18-26)48(38)27-14-15-27/h9-10,13,16,18,23-25,27,31-33,36,46H,1,11-12,14-15,17,19-22H2,2-8H3,(H,45,49)/b37-28+,43-10?/t23-,24+,25-,31-,32-,33?,36?/m0/s1. The molecule has 11 nitrogen and oxygen atoms in total. The van der Waals surface area contributed by atoms with Crippen LogP contribution in [0.1, 0.15) is 103 Å². The van der Waals surface area contributed by atoms with Crippen LogP contribution in [0.2, 0.25) is 0 Å². The smallest absolute Gasteiger partial charge is 0.324 e. The molecule has 6 bridgehead atoms. The summed E-state index contributed by atoms with van der Waals surface area (Å²) in [6.45, 7) is 17.3. The number of aliphatic imine (C=N–C) groups is 2. The summed E-state index contributed by atoms with van der Waals surface area (Å²) in [6, 6.07) is 5.49. The predicted octanol–water partition coefficient (Wildman–Crippen LogP) is 6.58. The number of methoxy groups -OCH3 is 1. The summed E-state index contributed by atoms with van der Waals surface area (Å²) in [7, 11) is 1.70. The van der Waals surface area contributed by atoms with Gasteiger partial charge in [0.1, 0.15) is 12.1 Å². The highest BCUT2D eigenvalue weighted by atomic mass is 32.2. The molecule has 7 rings (SSSR count). The lowest BCUT2D eigenvalue weighted by atomic mass is 9.84. The van der Waals surface area contributed by atoms with Crippen LogP contribution in [0, 0.1) is 23.2 Å². The summed E-state index contributed by atoms with van der Waals surface area (Å²) in [5.41, 5.74) is 8.98. The highest BCUT2D eigenvalue weighted by Crippen LogP contribution is 2.48. The zero-order valence-electron chi connectivity index (χ0n) is 32.8. The summed E-state index contributed by atoms with van der Waals surface area (Å²) >= 11 is 1.65. The minimum Gasteiger partial charge on any atom is -0.464 e. The summed E-state index contributed by atoms with van der Waals surface area (Å²) in [6.07, 6.45) is 7.74. The number of fused-ring (bicyclic) bond motifs is 5. The maximum atomic E-state index is 14.1. The predicted molar refractivity (Wildman–Crippen MR) is 215 cm³/mol. The number of allylic oxidation sites excluding steroid dienone is 2. The molecule has 0 spiro atoms. The van der Waals surface area contributed by atoms with Gasteiger partial charge >= 0.3 is 5.97 Å².